The summed E-state index contributed by atoms with van der Waals surface area (Å²) in [6.07, 6.45) is 7.92. The van der Waals surface area contributed by atoms with Crippen molar-refractivity contribution in [2.24, 2.45) is 0 Å². The number of benzene rings is 1. The first-order valence-electron chi connectivity index (χ1n) is 10.2. The molecule has 1 amide bonds. The van der Waals surface area contributed by atoms with Gasteiger partial charge in [-0.1, -0.05) is 51.5 Å². The number of carbonyl (C=O) groups excluding carboxylic acids is 1. The van der Waals surface area contributed by atoms with Crippen molar-refractivity contribution in [3.05, 3.63) is 59.9 Å². The third kappa shape index (κ3) is 5.10. The highest BCUT2D eigenvalue weighted by molar-refractivity contribution is 5.93. The fourth-order valence-corrected chi connectivity index (χ4v) is 3.22. The molecule has 3 aromatic rings. The van der Waals surface area contributed by atoms with E-state index in [1.54, 1.807) is 17.2 Å². The number of amides is 1. The van der Waals surface area contributed by atoms with Crippen LogP contribution in [0.15, 0.2) is 43.0 Å². The van der Waals surface area contributed by atoms with Gasteiger partial charge < -0.3 is 9.88 Å². The summed E-state index contributed by atoms with van der Waals surface area (Å²) < 4.78 is 3.78. The molecule has 3 rings (SSSR count). The van der Waals surface area contributed by atoms with Crippen molar-refractivity contribution in [3.8, 4) is 5.69 Å². The number of aryl methyl sites for hydroxylation is 1. The molecule has 7 nitrogen and oxygen atoms in total. The van der Waals surface area contributed by atoms with E-state index in [2.05, 4.69) is 60.4 Å². The van der Waals surface area contributed by atoms with Gasteiger partial charge in [0, 0.05) is 25.5 Å². The second kappa shape index (κ2) is 9.03. The van der Waals surface area contributed by atoms with Crippen LogP contribution < -0.4 is 5.32 Å². The fraction of sp³-hybridized carbons (Fsp3) is 0.455. The van der Waals surface area contributed by atoms with E-state index < -0.39 is 0 Å². The number of carbonyl (C=O) groups is 1. The van der Waals surface area contributed by atoms with Gasteiger partial charge in [-0.05, 0) is 36.0 Å². The van der Waals surface area contributed by atoms with Gasteiger partial charge in [-0.2, -0.15) is 0 Å². The summed E-state index contributed by atoms with van der Waals surface area (Å²) in [5.41, 5.74) is 3.54. The van der Waals surface area contributed by atoms with Gasteiger partial charge >= 0.3 is 0 Å². The van der Waals surface area contributed by atoms with E-state index in [1.807, 2.05) is 22.9 Å². The molecule has 0 aliphatic carbocycles. The van der Waals surface area contributed by atoms with Gasteiger partial charge in [0.1, 0.15) is 0 Å². The first-order chi connectivity index (χ1) is 13.9. The van der Waals surface area contributed by atoms with E-state index in [4.69, 9.17) is 0 Å². The molecule has 0 aliphatic rings. The van der Waals surface area contributed by atoms with Crippen LogP contribution in [0.5, 0.6) is 0 Å². The van der Waals surface area contributed by atoms with Gasteiger partial charge in [-0.15, -0.1) is 5.10 Å². The van der Waals surface area contributed by atoms with E-state index in [0.29, 0.717) is 12.2 Å². The molecule has 1 aromatic carbocycles. The summed E-state index contributed by atoms with van der Waals surface area (Å²) in [5.74, 6) is -0.170. The van der Waals surface area contributed by atoms with Gasteiger partial charge in [0.05, 0.1) is 17.7 Å². The van der Waals surface area contributed by atoms with Gasteiger partial charge in [0.15, 0.2) is 5.69 Å². The number of aromatic nitrogens is 5. The lowest BCUT2D eigenvalue weighted by Gasteiger charge is -2.19. The lowest BCUT2D eigenvalue weighted by Crippen LogP contribution is -2.26. The van der Waals surface area contributed by atoms with E-state index in [9.17, 15) is 4.79 Å². The second-order valence-electron chi connectivity index (χ2n) is 8.25. The topological polar surface area (TPSA) is 77.6 Å². The predicted molar refractivity (Wildman–Crippen MR) is 113 cm³/mol. The Morgan fingerprint density at radius 1 is 1.17 bits per heavy atom. The lowest BCUT2D eigenvalue weighted by atomic mass is 9.87. The van der Waals surface area contributed by atoms with Gasteiger partial charge in [-0.3, -0.25) is 4.79 Å². The number of hydrogen-bond donors (Lipinski definition) is 1. The average molecular weight is 395 g/mol. The third-order valence-corrected chi connectivity index (χ3v) is 4.88. The Bertz CT molecular complexity index is 919. The summed E-state index contributed by atoms with van der Waals surface area (Å²) >= 11 is 0. The first-order valence-corrected chi connectivity index (χ1v) is 10.2. The second-order valence-corrected chi connectivity index (χ2v) is 8.25. The van der Waals surface area contributed by atoms with Crippen LogP contribution in [0.2, 0.25) is 0 Å². The highest BCUT2D eigenvalue weighted by atomic mass is 16.2. The van der Waals surface area contributed by atoms with E-state index in [0.717, 1.165) is 37.2 Å². The van der Waals surface area contributed by atoms with Crippen LogP contribution >= 0.6 is 0 Å². The van der Waals surface area contributed by atoms with Crippen LogP contribution in [-0.4, -0.2) is 37.0 Å². The molecule has 0 atom stereocenters. The van der Waals surface area contributed by atoms with E-state index in [1.165, 1.54) is 5.56 Å². The first kappa shape index (κ1) is 20.8. The molecule has 2 aromatic heterocycles. The molecule has 0 saturated heterocycles. The molecule has 1 N–H and O–H groups in total. The molecular weight excluding hydrogens is 364 g/mol. The van der Waals surface area contributed by atoms with Crippen molar-refractivity contribution in [3.63, 3.8) is 0 Å². The Labute approximate surface area is 172 Å². The van der Waals surface area contributed by atoms with Crippen molar-refractivity contribution >= 4 is 5.91 Å². The van der Waals surface area contributed by atoms with Crippen LogP contribution in [0.25, 0.3) is 5.69 Å². The summed E-state index contributed by atoms with van der Waals surface area (Å²) in [7, 11) is 0. The Morgan fingerprint density at radius 3 is 2.55 bits per heavy atom. The molecule has 2 heterocycles. The van der Waals surface area contributed by atoms with Crippen LogP contribution in [-0.2, 0) is 18.4 Å². The van der Waals surface area contributed by atoms with Crippen molar-refractivity contribution in [1.82, 2.24) is 29.9 Å². The molecule has 0 aliphatic heterocycles. The third-order valence-electron chi connectivity index (χ3n) is 4.88. The highest BCUT2D eigenvalue weighted by Crippen LogP contribution is 2.24. The normalized spacial score (nSPS) is 11.6. The minimum absolute atomic E-state index is 0.0922. The summed E-state index contributed by atoms with van der Waals surface area (Å²) in [6, 6.07) is 8.31. The van der Waals surface area contributed by atoms with Crippen LogP contribution in [0.1, 0.15) is 62.3 Å². The minimum atomic E-state index is -0.170. The summed E-state index contributed by atoms with van der Waals surface area (Å²) in [4.78, 5) is 16.7. The molecule has 0 saturated carbocycles. The maximum Gasteiger partial charge on any atom is 0.273 e. The molecule has 0 radical (unpaired) electrons. The SMILES string of the molecule is CCCc1c(C(=O)NCCCn2ccnc2)nnn1-c1ccc(C(C)(C)C)cc1. The van der Waals surface area contributed by atoms with Crippen LogP contribution in [0, 0.1) is 0 Å². The zero-order valence-electron chi connectivity index (χ0n) is 17.7. The quantitative estimate of drug-likeness (QED) is 0.593. The van der Waals surface area contributed by atoms with Gasteiger partial charge in [0.2, 0.25) is 0 Å². The van der Waals surface area contributed by atoms with Crippen LogP contribution in [0.4, 0.5) is 0 Å². The monoisotopic (exact) mass is 394 g/mol. The zero-order valence-corrected chi connectivity index (χ0v) is 17.7. The van der Waals surface area contributed by atoms with Crippen LogP contribution in [0.3, 0.4) is 0 Å². The Kier molecular flexibility index (Phi) is 6.46. The van der Waals surface area contributed by atoms with E-state index >= 15 is 0 Å². The average Bonchev–Trinajstić information content (AvgIpc) is 3.35. The Balaban J connectivity index is 1.71. The molecule has 0 unspecified atom stereocenters. The largest absolute Gasteiger partial charge is 0.351 e. The van der Waals surface area contributed by atoms with Gasteiger partial charge in [0.25, 0.3) is 5.91 Å². The zero-order chi connectivity index (χ0) is 20.9. The van der Waals surface area contributed by atoms with Gasteiger partial charge in [-0.25, -0.2) is 9.67 Å². The highest BCUT2D eigenvalue weighted by Gasteiger charge is 2.20. The fourth-order valence-electron chi connectivity index (χ4n) is 3.22. The molecule has 154 valence electrons. The van der Waals surface area contributed by atoms with Crippen molar-refractivity contribution in [1.29, 1.82) is 0 Å². The Hall–Kier alpha value is -2.96. The number of nitrogens with zero attached hydrogens (tertiary/aromatic N) is 5. The predicted octanol–water partition coefficient (Wildman–Crippen LogP) is 3.53. The standard InChI is InChI=1S/C22H30N6O/c1-5-7-19-20(21(29)24-12-6-14-27-15-13-23-16-27)25-26-28(19)18-10-8-17(9-11-18)22(2,3)4/h8-11,13,15-16H,5-7,12,14H2,1-4H3,(H,24,29). The minimum Gasteiger partial charge on any atom is -0.351 e. The number of imidazole rings is 1. The van der Waals surface area contributed by atoms with Crippen molar-refractivity contribution < 1.29 is 4.79 Å². The summed E-state index contributed by atoms with van der Waals surface area (Å²) in [6.45, 7) is 10.1. The van der Waals surface area contributed by atoms with Crippen molar-refractivity contribution in [2.75, 3.05) is 6.54 Å². The molecule has 0 fully saturated rings. The molecular formula is C22H30N6O. The van der Waals surface area contributed by atoms with Crippen molar-refractivity contribution in [2.45, 2.75) is 58.9 Å². The lowest BCUT2D eigenvalue weighted by molar-refractivity contribution is 0.0946. The molecule has 29 heavy (non-hydrogen) atoms. The maximum atomic E-state index is 12.7. The molecule has 0 bridgehead atoms. The number of rotatable bonds is 8. The Morgan fingerprint density at radius 2 is 1.93 bits per heavy atom. The molecule has 7 heteroatoms. The maximum absolute atomic E-state index is 12.7. The number of nitrogens with one attached hydrogen (secondary N) is 1. The number of hydrogen-bond acceptors (Lipinski definition) is 4. The smallest absolute Gasteiger partial charge is 0.273 e. The summed E-state index contributed by atoms with van der Waals surface area (Å²) in [5, 5.41) is 11.4. The van der Waals surface area contributed by atoms with E-state index in [-0.39, 0.29) is 11.3 Å². The molecule has 0 spiro atoms.